The number of aliphatic hydroxyl groups is 1. The summed E-state index contributed by atoms with van der Waals surface area (Å²) in [6.07, 6.45) is 1.92. The van der Waals surface area contributed by atoms with Crippen LogP contribution in [0.25, 0.3) is 0 Å². The first-order valence-corrected chi connectivity index (χ1v) is 6.81. The van der Waals surface area contributed by atoms with Crippen LogP contribution in [0.1, 0.15) is 19.8 Å². The van der Waals surface area contributed by atoms with E-state index >= 15 is 0 Å². The second kappa shape index (κ2) is 7.58. The van der Waals surface area contributed by atoms with E-state index in [1.54, 1.807) is 0 Å². The molecule has 0 atom stereocenters. The SMILES string of the molecule is CCSc1ccc(N(C)CCCCO)cc1. The molecule has 0 aromatic heterocycles. The van der Waals surface area contributed by atoms with E-state index in [0.29, 0.717) is 6.61 Å². The lowest BCUT2D eigenvalue weighted by atomic mass is 10.2. The zero-order chi connectivity index (χ0) is 11.8. The van der Waals surface area contributed by atoms with Gasteiger partial charge in [-0.2, -0.15) is 0 Å². The number of benzene rings is 1. The average Bonchev–Trinajstić information content (AvgIpc) is 2.30. The molecule has 2 nitrogen and oxygen atoms in total. The van der Waals surface area contributed by atoms with Crippen LogP contribution in [0, 0.1) is 0 Å². The Morgan fingerprint density at radius 2 is 1.88 bits per heavy atom. The molecule has 0 aliphatic rings. The van der Waals surface area contributed by atoms with Gasteiger partial charge in [0.25, 0.3) is 0 Å². The molecule has 1 aromatic carbocycles. The molecular formula is C13H21NOS. The van der Waals surface area contributed by atoms with Crippen molar-refractivity contribution in [2.24, 2.45) is 0 Å². The monoisotopic (exact) mass is 239 g/mol. The van der Waals surface area contributed by atoms with Crippen LogP contribution in [0.2, 0.25) is 0 Å². The Labute approximate surface area is 103 Å². The molecular weight excluding hydrogens is 218 g/mol. The molecule has 3 heteroatoms. The minimum Gasteiger partial charge on any atom is -0.396 e. The summed E-state index contributed by atoms with van der Waals surface area (Å²) in [5.74, 6) is 1.12. The van der Waals surface area contributed by atoms with Gasteiger partial charge >= 0.3 is 0 Å². The summed E-state index contributed by atoms with van der Waals surface area (Å²) in [4.78, 5) is 3.56. The Hall–Kier alpha value is -0.670. The number of aliphatic hydroxyl groups excluding tert-OH is 1. The summed E-state index contributed by atoms with van der Waals surface area (Å²) in [5, 5.41) is 8.72. The van der Waals surface area contributed by atoms with Crippen LogP contribution < -0.4 is 4.90 Å². The summed E-state index contributed by atoms with van der Waals surface area (Å²) >= 11 is 1.87. The van der Waals surface area contributed by atoms with Crippen LogP contribution in [0.4, 0.5) is 5.69 Å². The van der Waals surface area contributed by atoms with Gasteiger partial charge in [-0.15, -0.1) is 11.8 Å². The number of thioether (sulfide) groups is 1. The zero-order valence-corrected chi connectivity index (χ0v) is 11.0. The highest BCUT2D eigenvalue weighted by Gasteiger charge is 2.00. The van der Waals surface area contributed by atoms with E-state index in [4.69, 9.17) is 5.11 Å². The lowest BCUT2D eigenvalue weighted by molar-refractivity contribution is 0.285. The van der Waals surface area contributed by atoms with Gasteiger partial charge in [0.1, 0.15) is 0 Å². The van der Waals surface area contributed by atoms with E-state index in [1.807, 2.05) is 11.8 Å². The van der Waals surface area contributed by atoms with Crippen molar-refractivity contribution in [3.63, 3.8) is 0 Å². The topological polar surface area (TPSA) is 23.5 Å². The van der Waals surface area contributed by atoms with Crippen molar-refractivity contribution in [3.8, 4) is 0 Å². The molecule has 1 rings (SSSR count). The van der Waals surface area contributed by atoms with Gasteiger partial charge < -0.3 is 10.0 Å². The average molecular weight is 239 g/mol. The summed E-state index contributed by atoms with van der Waals surface area (Å²) in [6, 6.07) is 8.67. The van der Waals surface area contributed by atoms with Gasteiger partial charge in [0.15, 0.2) is 0 Å². The lowest BCUT2D eigenvalue weighted by Crippen LogP contribution is -2.18. The standard InChI is InChI=1S/C13H21NOS/c1-3-16-13-8-6-12(7-9-13)14(2)10-4-5-11-15/h6-9,15H,3-5,10-11H2,1-2H3. The highest BCUT2D eigenvalue weighted by Crippen LogP contribution is 2.21. The minimum absolute atomic E-state index is 0.292. The molecule has 0 saturated heterocycles. The van der Waals surface area contributed by atoms with Gasteiger partial charge in [0.2, 0.25) is 0 Å². The quantitative estimate of drug-likeness (QED) is 0.584. The molecule has 0 aliphatic heterocycles. The van der Waals surface area contributed by atoms with Crippen LogP contribution in [-0.4, -0.2) is 31.1 Å². The smallest absolute Gasteiger partial charge is 0.0431 e. The van der Waals surface area contributed by atoms with Crippen LogP contribution in [-0.2, 0) is 0 Å². The van der Waals surface area contributed by atoms with Crippen molar-refractivity contribution < 1.29 is 5.11 Å². The summed E-state index contributed by atoms with van der Waals surface area (Å²) in [7, 11) is 2.10. The van der Waals surface area contributed by atoms with Gasteiger partial charge in [-0.1, -0.05) is 6.92 Å². The van der Waals surface area contributed by atoms with Gasteiger partial charge in [0.05, 0.1) is 0 Å². The summed E-state index contributed by atoms with van der Waals surface area (Å²) in [6.45, 7) is 3.46. The normalized spacial score (nSPS) is 10.4. The Kier molecular flexibility index (Phi) is 6.34. The number of hydrogen-bond acceptors (Lipinski definition) is 3. The van der Waals surface area contributed by atoms with Crippen molar-refractivity contribution >= 4 is 17.4 Å². The Balaban J connectivity index is 2.46. The maximum atomic E-state index is 8.72. The molecule has 0 amide bonds. The maximum absolute atomic E-state index is 8.72. The predicted octanol–water partition coefficient (Wildman–Crippen LogP) is 3.01. The molecule has 16 heavy (non-hydrogen) atoms. The van der Waals surface area contributed by atoms with E-state index in [-0.39, 0.29) is 0 Å². The van der Waals surface area contributed by atoms with E-state index < -0.39 is 0 Å². The van der Waals surface area contributed by atoms with Crippen LogP contribution >= 0.6 is 11.8 Å². The summed E-state index contributed by atoms with van der Waals surface area (Å²) in [5.41, 5.74) is 1.25. The molecule has 0 heterocycles. The van der Waals surface area contributed by atoms with Crippen molar-refractivity contribution in [2.45, 2.75) is 24.7 Å². The highest BCUT2D eigenvalue weighted by atomic mass is 32.2. The fourth-order valence-corrected chi connectivity index (χ4v) is 2.22. The molecule has 1 N–H and O–H groups in total. The summed E-state index contributed by atoms with van der Waals surface area (Å²) < 4.78 is 0. The second-order valence-corrected chi connectivity index (χ2v) is 5.12. The van der Waals surface area contributed by atoms with Gasteiger partial charge in [-0.3, -0.25) is 0 Å². The first-order chi connectivity index (χ1) is 7.77. The molecule has 0 radical (unpaired) electrons. The van der Waals surface area contributed by atoms with Crippen molar-refractivity contribution in [1.82, 2.24) is 0 Å². The van der Waals surface area contributed by atoms with E-state index in [2.05, 4.69) is 43.1 Å². The van der Waals surface area contributed by atoms with Crippen molar-refractivity contribution in [3.05, 3.63) is 24.3 Å². The molecule has 0 bridgehead atoms. The molecule has 0 unspecified atom stereocenters. The highest BCUT2D eigenvalue weighted by molar-refractivity contribution is 7.99. The van der Waals surface area contributed by atoms with Crippen LogP contribution in [0.3, 0.4) is 0 Å². The van der Waals surface area contributed by atoms with E-state index in [1.165, 1.54) is 10.6 Å². The predicted molar refractivity (Wildman–Crippen MR) is 72.4 cm³/mol. The Bertz CT molecular complexity index is 286. The Morgan fingerprint density at radius 3 is 2.44 bits per heavy atom. The molecule has 0 saturated carbocycles. The number of nitrogens with zero attached hydrogens (tertiary/aromatic N) is 1. The fraction of sp³-hybridized carbons (Fsp3) is 0.538. The number of unbranched alkanes of at least 4 members (excludes halogenated alkanes) is 1. The maximum Gasteiger partial charge on any atom is 0.0431 e. The van der Waals surface area contributed by atoms with E-state index in [9.17, 15) is 0 Å². The van der Waals surface area contributed by atoms with Crippen LogP contribution in [0.15, 0.2) is 29.2 Å². The molecule has 0 spiro atoms. The lowest BCUT2D eigenvalue weighted by Gasteiger charge is -2.19. The third kappa shape index (κ3) is 4.45. The number of hydrogen-bond donors (Lipinski definition) is 1. The van der Waals surface area contributed by atoms with Crippen molar-refractivity contribution in [1.29, 1.82) is 0 Å². The first-order valence-electron chi connectivity index (χ1n) is 5.82. The third-order valence-electron chi connectivity index (χ3n) is 2.49. The molecule has 0 aliphatic carbocycles. The largest absolute Gasteiger partial charge is 0.396 e. The minimum atomic E-state index is 0.292. The fourth-order valence-electron chi connectivity index (χ4n) is 1.55. The van der Waals surface area contributed by atoms with E-state index in [0.717, 1.165) is 25.1 Å². The number of anilines is 1. The molecule has 0 fully saturated rings. The Morgan fingerprint density at radius 1 is 1.19 bits per heavy atom. The van der Waals surface area contributed by atoms with Crippen LogP contribution in [0.5, 0.6) is 0 Å². The zero-order valence-electron chi connectivity index (χ0n) is 10.1. The first kappa shape index (κ1) is 13.4. The third-order valence-corrected chi connectivity index (χ3v) is 3.38. The van der Waals surface area contributed by atoms with Gasteiger partial charge in [-0.25, -0.2) is 0 Å². The second-order valence-electron chi connectivity index (χ2n) is 3.78. The van der Waals surface area contributed by atoms with Gasteiger partial charge in [-0.05, 0) is 42.9 Å². The number of rotatable bonds is 7. The molecule has 90 valence electrons. The van der Waals surface area contributed by atoms with Crippen molar-refractivity contribution in [2.75, 3.05) is 30.9 Å². The molecule has 1 aromatic rings. The van der Waals surface area contributed by atoms with Gasteiger partial charge in [0, 0.05) is 30.8 Å².